The third-order valence-corrected chi connectivity index (χ3v) is 3.22. The standard InChI is InChI=1S/C12H17NO/c14-9-7-12(6-8-13-10-12)11-4-2-1-3-5-11/h1-5,13-14H,6-10H2/t12-/m0/s1. The molecular weight excluding hydrogens is 174 g/mol. The van der Waals surface area contributed by atoms with Crippen LogP contribution < -0.4 is 5.32 Å². The Morgan fingerprint density at radius 3 is 2.64 bits per heavy atom. The van der Waals surface area contributed by atoms with E-state index in [2.05, 4.69) is 29.6 Å². The molecule has 1 aromatic carbocycles. The molecule has 0 saturated carbocycles. The molecule has 1 aliphatic rings. The molecule has 0 radical (unpaired) electrons. The Labute approximate surface area is 85.0 Å². The lowest BCUT2D eigenvalue weighted by molar-refractivity contribution is 0.244. The van der Waals surface area contributed by atoms with Gasteiger partial charge in [-0.15, -0.1) is 0 Å². The van der Waals surface area contributed by atoms with Gasteiger partial charge in [0.15, 0.2) is 0 Å². The average Bonchev–Trinajstić information content (AvgIpc) is 2.70. The molecule has 0 unspecified atom stereocenters. The van der Waals surface area contributed by atoms with E-state index < -0.39 is 0 Å². The van der Waals surface area contributed by atoms with Crippen molar-refractivity contribution in [2.45, 2.75) is 18.3 Å². The van der Waals surface area contributed by atoms with E-state index >= 15 is 0 Å². The molecule has 1 saturated heterocycles. The molecule has 1 aromatic rings. The van der Waals surface area contributed by atoms with Gasteiger partial charge in [0, 0.05) is 18.6 Å². The fourth-order valence-electron chi connectivity index (χ4n) is 2.35. The number of hydrogen-bond acceptors (Lipinski definition) is 2. The summed E-state index contributed by atoms with van der Waals surface area (Å²) in [5.74, 6) is 0. The summed E-state index contributed by atoms with van der Waals surface area (Å²) in [5, 5.41) is 12.5. The highest BCUT2D eigenvalue weighted by molar-refractivity contribution is 5.27. The summed E-state index contributed by atoms with van der Waals surface area (Å²) in [6, 6.07) is 10.5. The maximum absolute atomic E-state index is 9.13. The zero-order chi connectivity index (χ0) is 9.86. The van der Waals surface area contributed by atoms with Crippen LogP contribution in [0, 0.1) is 0 Å². The van der Waals surface area contributed by atoms with E-state index in [4.69, 9.17) is 5.11 Å². The molecule has 2 nitrogen and oxygen atoms in total. The molecule has 76 valence electrons. The lowest BCUT2D eigenvalue weighted by atomic mass is 9.77. The van der Waals surface area contributed by atoms with Gasteiger partial charge in [-0.1, -0.05) is 30.3 Å². The van der Waals surface area contributed by atoms with Gasteiger partial charge in [-0.25, -0.2) is 0 Å². The average molecular weight is 191 g/mol. The van der Waals surface area contributed by atoms with Crippen LogP contribution in [0.25, 0.3) is 0 Å². The van der Waals surface area contributed by atoms with E-state index in [0.29, 0.717) is 0 Å². The molecule has 2 N–H and O–H groups in total. The minimum absolute atomic E-state index is 0.177. The van der Waals surface area contributed by atoms with Gasteiger partial charge in [0.05, 0.1) is 0 Å². The maximum atomic E-state index is 9.13. The summed E-state index contributed by atoms with van der Waals surface area (Å²) >= 11 is 0. The molecule has 0 aliphatic carbocycles. The summed E-state index contributed by atoms with van der Waals surface area (Å²) in [4.78, 5) is 0. The zero-order valence-corrected chi connectivity index (χ0v) is 8.37. The lowest BCUT2D eigenvalue weighted by Crippen LogP contribution is -2.30. The molecule has 14 heavy (non-hydrogen) atoms. The van der Waals surface area contributed by atoms with Crippen molar-refractivity contribution in [1.82, 2.24) is 5.32 Å². The molecule has 1 aliphatic heterocycles. The van der Waals surface area contributed by atoms with Crippen LogP contribution in [0.3, 0.4) is 0 Å². The maximum Gasteiger partial charge on any atom is 0.0440 e. The van der Waals surface area contributed by atoms with E-state index in [1.54, 1.807) is 0 Å². The highest BCUT2D eigenvalue weighted by Gasteiger charge is 2.34. The number of benzene rings is 1. The quantitative estimate of drug-likeness (QED) is 0.754. The van der Waals surface area contributed by atoms with Crippen molar-refractivity contribution in [3.63, 3.8) is 0 Å². The van der Waals surface area contributed by atoms with Crippen LogP contribution in [0.1, 0.15) is 18.4 Å². The Balaban J connectivity index is 2.27. The second-order valence-electron chi connectivity index (χ2n) is 4.05. The highest BCUT2D eigenvalue weighted by atomic mass is 16.3. The van der Waals surface area contributed by atoms with E-state index in [1.165, 1.54) is 5.56 Å². The summed E-state index contributed by atoms with van der Waals surface area (Å²) in [6.07, 6.45) is 2.00. The van der Waals surface area contributed by atoms with Gasteiger partial charge in [0.1, 0.15) is 0 Å². The van der Waals surface area contributed by atoms with Crippen LogP contribution in [0.4, 0.5) is 0 Å². The first-order chi connectivity index (χ1) is 6.87. The van der Waals surface area contributed by atoms with Gasteiger partial charge < -0.3 is 10.4 Å². The number of hydrogen-bond donors (Lipinski definition) is 2. The van der Waals surface area contributed by atoms with Crippen molar-refractivity contribution in [2.75, 3.05) is 19.7 Å². The van der Waals surface area contributed by atoms with Crippen LogP contribution >= 0.6 is 0 Å². The predicted molar refractivity (Wildman–Crippen MR) is 57.3 cm³/mol. The molecule has 2 heteroatoms. The third kappa shape index (κ3) is 1.68. The van der Waals surface area contributed by atoms with Crippen LogP contribution in [0.15, 0.2) is 30.3 Å². The summed E-state index contributed by atoms with van der Waals surface area (Å²) in [5.41, 5.74) is 1.54. The Kier molecular flexibility index (Phi) is 2.85. The molecule has 0 aromatic heterocycles. The topological polar surface area (TPSA) is 32.3 Å². The van der Waals surface area contributed by atoms with Crippen molar-refractivity contribution in [3.8, 4) is 0 Å². The van der Waals surface area contributed by atoms with Crippen LogP contribution in [-0.2, 0) is 5.41 Å². The van der Waals surface area contributed by atoms with Gasteiger partial charge >= 0.3 is 0 Å². The smallest absolute Gasteiger partial charge is 0.0440 e. The molecule has 1 heterocycles. The first-order valence-corrected chi connectivity index (χ1v) is 5.24. The third-order valence-electron chi connectivity index (χ3n) is 3.22. The molecule has 1 atom stereocenters. The molecule has 0 bridgehead atoms. The molecule has 0 amide bonds. The van der Waals surface area contributed by atoms with E-state index in [0.717, 1.165) is 25.9 Å². The molecule has 2 rings (SSSR count). The second kappa shape index (κ2) is 4.11. The number of aliphatic hydroxyl groups excluding tert-OH is 1. The van der Waals surface area contributed by atoms with E-state index in [9.17, 15) is 0 Å². The van der Waals surface area contributed by atoms with Gasteiger partial charge in [0.2, 0.25) is 0 Å². The Morgan fingerprint density at radius 2 is 2.07 bits per heavy atom. The Morgan fingerprint density at radius 1 is 1.29 bits per heavy atom. The highest BCUT2D eigenvalue weighted by Crippen LogP contribution is 2.33. The van der Waals surface area contributed by atoms with Crippen molar-refractivity contribution in [1.29, 1.82) is 0 Å². The SMILES string of the molecule is OCC[C@@]1(c2ccccc2)CCNC1. The molecular formula is C12H17NO. The van der Waals surface area contributed by atoms with E-state index in [-0.39, 0.29) is 12.0 Å². The van der Waals surface area contributed by atoms with Gasteiger partial charge in [-0.05, 0) is 24.9 Å². The van der Waals surface area contributed by atoms with Gasteiger partial charge in [0.25, 0.3) is 0 Å². The monoisotopic (exact) mass is 191 g/mol. The van der Waals surface area contributed by atoms with Crippen molar-refractivity contribution in [2.24, 2.45) is 0 Å². The first kappa shape index (κ1) is 9.69. The van der Waals surface area contributed by atoms with Crippen LogP contribution in [0.5, 0.6) is 0 Å². The fraction of sp³-hybridized carbons (Fsp3) is 0.500. The normalized spacial score (nSPS) is 26.6. The Hall–Kier alpha value is -0.860. The summed E-state index contributed by atoms with van der Waals surface area (Å²) < 4.78 is 0. The van der Waals surface area contributed by atoms with Crippen LogP contribution in [-0.4, -0.2) is 24.8 Å². The van der Waals surface area contributed by atoms with Gasteiger partial charge in [-0.3, -0.25) is 0 Å². The van der Waals surface area contributed by atoms with E-state index in [1.807, 2.05) is 6.07 Å². The zero-order valence-electron chi connectivity index (χ0n) is 8.37. The minimum atomic E-state index is 0.177. The number of aliphatic hydroxyl groups is 1. The number of nitrogens with one attached hydrogen (secondary N) is 1. The summed E-state index contributed by atoms with van der Waals surface area (Å²) in [6.45, 7) is 2.34. The summed E-state index contributed by atoms with van der Waals surface area (Å²) in [7, 11) is 0. The first-order valence-electron chi connectivity index (χ1n) is 5.24. The fourth-order valence-corrected chi connectivity index (χ4v) is 2.35. The molecule has 1 fully saturated rings. The number of rotatable bonds is 3. The van der Waals surface area contributed by atoms with Crippen molar-refractivity contribution in [3.05, 3.63) is 35.9 Å². The molecule has 0 spiro atoms. The predicted octanol–water partition coefficient (Wildman–Crippen LogP) is 1.30. The van der Waals surface area contributed by atoms with Crippen LogP contribution in [0.2, 0.25) is 0 Å². The minimum Gasteiger partial charge on any atom is -0.396 e. The van der Waals surface area contributed by atoms with Crippen molar-refractivity contribution < 1.29 is 5.11 Å². The van der Waals surface area contributed by atoms with Crippen molar-refractivity contribution >= 4 is 0 Å². The second-order valence-corrected chi connectivity index (χ2v) is 4.05. The largest absolute Gasteiger partial charge is 0.396 e. The van der Waals surface area contributed by atoms with Gasteiger partial charge in [-0.2, -0.15) is 0 Å². The lowest BCUT2D eigenvalue weighted by Gasteiger charge is -2.27. The Bertz CT molecular complexity index is 278.